The number of methoxy groups -OCH3 is 1. The van der Waals surface area contributed by atoms with Crippen LogP contribution in [0.3, 0.4) is 0 Å². The summed E-state index contributed by atoms with van der Waals surface area (Å²) in [5, 5.41) is 0. The molecule has 0 aromatic heterocycles. The molecule has 3 nitrogen and oxygen atoms in total. The van der Waals surface area contributed by atoms with Crippen LogP contribution in [-0.2, 0) is 0 Å². The average Bonchev–Trinajstić information content (AvgIpc) is 2.79. The smallest absolute Gasteiger partial charge is 0.346 e. The van der Waals surface area contributed by atoms with E-state index in [9.17, 15) is 13.6 Å². The van der Waals surface area contributed by atoms with E-state index in [4.69, 9.17) is 9.47 Å². The molecule has 0 heterocycles. The first-order valence-electron chi connectivity index (χ1n) is 11.9. The van der Waals surface area contributed by atoms with E-state index < -0.39 is 17.6 Å². The molecule has 0 atom stereocenters. The molecular formula is C27H34F2O3. The number of carbonyl (C=O) groups is 1. The van der Waals surface area contributed by atoms with Crippen molar-refractivity contribution in [2.24, 2.45) is 5.92 Å². The van der Waals surface area contributed by atoms with Crippen LogP contribution < -0.4 is 9.47 Å². The number of unbranched alkanes of at least 4 members (excludes halogenated alkanes) is 4. The number of hydrogen-bond donors (Lipinski definition) is 0. The number of carbonyl (C=O) groups excluding carboxylic acids is 1. The summed E-state index contributed by atoms with van der Waals surface area (Å²) < 4.78 is 38.5. The largest absolute Gasteiger partial charge is 0.494 e. The summed E-state index contributed by atoms with van der Waals surface area (Å²) in [5.41, 5.74) is 0.793. The molecule has 0 amide bonds. The molecule has 0 aliphatic heterocycles. The summed E-state index contributed by atoms with van der Waals surface area (Å²) in [6.07, 6.45) is 12.4. The molecule has 32 heavy (non-hydrogen) atoms. The number of hydrogen-bond acceptors (Lipinski definition) is 3. The number of halogens is 2. The van der Waals surface area contributed by atoms with Gasteiger partial charge in [0.1, 0.15) is 11.6 Å². The molecule has 0 radical (unpaired) electrons. The van der Waals surface area contributed by atoms with E-state index in [1.165, 1.54) is 82.7 Å². The zero-order valence-electron chi connectivity index (χ0n) is 19.2. The Hall–Kier alpha value is -2.43. The van der Waals surface area contributed by atoms with Crippen molar-refractivity contribution in [2.45, 2.75) is 77.0 Å². The highest BCUT2D eigenvalue weighted by atomic mass is 19.1. The molecule has 5 heteroatoms. The highest BCUT2D eigenvalue weighted by molar-refractivity contribution is 5.91. The zero-order chi connectivity index (χ0) is 22.9. The minimum Gasteiger partial charge on any atom is -0.494 e. The topological polar surface area (TPSA) is 35.5 Å². The third-order valence-electron chi connectivity index (χ3n) is 6.58. The van der Waals surface area contributed by atoms with Crippen LogP contribution in [0.4, 0.5) is 8.78 Å². The van der Waals surface area contributed by atoms with Gasteiger partial charge in [-0.25, -0.2) is 13.6 Å². The lowest BCUT2D eigenvalue weighted by molar-refractivity contribution is 0.0729. The van der Waals surface area contributed by atoms with Crippen molar-refractivity contribution < 1.29 is 23.0 Å². The minimum atomic E-state index is -0.842. The van der Waals surface area contributed by atoms with Crippen LogP contribution in [0.25, 0.3) is 0 Å². The normalized spacial score (nSPS) is 18.4. The standard InChI is InChI=1S/C27H34F2O3/c1-3-4-5-6-7-8-19-9-11-20(12-10-19)21-13-15-23(24(28)17-21)27(30)32-22-14-16-26(31-2)25(29)18-22/h13-20H,3-12H2,1-2H3. The van der Waals surface area contributed by atoms with Crippen molar-refractivity contribution in [2.75, 3.05) is 7.11 Å². The van der Waals surface area contributed by atoms with E-state index in [1.54, 1.807) is 0 Å². The fraction of sp³-hybridized carbons (Fsp3) is 0.519. The van der Waals surface area contributed by atoms with E-state index in [2.05, 4.69) is 6.92 Å². The zero-order valence-corrected chi connectivity index (χ0v) is 19.2. The molecule has 2 aromatic rings. The highest BCUT2D eigenvalue weighted by Gasteiger charge is 2.24. The molecule has 0 bridgehead atoms. The lowest BCUT2D eigenvalue weighted by atomic mass is 9.77. The Morgan fingerprint density at radius 2 is 1.69 bits per heavy atom. The van der Waals surface area contributed by atoms with Gasteiger partial charge in [0, 0.05) is 6.07 Å². The lowest BCUT2D eigenvalue weighted by Crippen LogP contribution is -2.15. The number of esters is 1. The molecule has 0 saturated heterocycles. The first kappa shape index (κ1) is 24.2. The fourth-order valence-corrected chi connectivity index (χ4v) is 4.64. The van der Waals surface area contributed by atoms with Crippen LogP contribution in [0, 0.1) is 17.6 Å². The fourth-order valence-electron chi connectivity index (χ4n) is 4.64. The second kappa shape index (κ2) is 12.0. The molecule has 3 rings (SSSR count). The first-order valence-corrected chi connectivity index (χ1v) is 11.9. The summed E-state index contributed by atoms with van der Waals surface area (Å²) in [6.45, 7) is 2.24. The molecule has 0 spiro atoms. The van der Waals surface area contributed by atoms with E-state index in [0.29, 0.717) is 5.92 Å². The van der Waals surface area contributed by atoms with Crippen molar-refractivity contribution in [1.82, 2.24) is 0 Å². The van der Waals surface area contributed by atoms with E-state index in [0.717, 1.165) is 30.4 Å². The van der Waals surface area contributed by atoms with E-state index >= 15 is 0 Å². The van der Waals surface area contributed by atoms with Crippen LogP contribution in [0.1, 0.15) is 93.0 Å². The molecule has 0 N–H and O–H groups in total. The summed E-state index contributed by atoms with van der Waals surface area (Å²) in [5.74, 6) is -0.912. The Morgan fingerprint density at radius 1 is 0.938 bits per heavy atom. The van der Waals surface area contributed by atoms with Crippen molar-refractivity contribution in [1.29, 1.82) is 0 Å². The Balaban J connectivity index is 1.53. The average molecular weight is 445 g/mol. The predicted octanol–water partition coefficient (Wildman–Crippen LogP) is 7.83. The van der Waals surface area contributed by atoms with Gasteiger partial charge < -0.3 is 9.47 Å². The van der Waals surface area contributed by atoms with Crippen molar-refractivity contribution in [3.05, 3.63) is 59.2 Å². The van der Waals surface area contributed by atoms with Gasteiger partial charge in [0.25, 0.3) is 0 Å². The third-order valence-corrected chi connectivity index (χ3v) is 6.58. The second-order valence-electron chi connectivity index (χ2n) is 8.85. The van der Waals surface area contributed by atoms with Gasteiger partial charge in [-0.1, -0.05) is 51.5 Å². The quantitative estimate of drug-likeness (QED) is 0.213. The Labute approximate surface area is 190 Å². The van der Waals surface area contributed by atoms with Crippen LogP contribution in [0.2, 0.25) is 0 Å². The maximum atomic E-state index is 14.7. The third kappa shape index (κ3) is 6.54. The van der Waals surface area contributed by atoms with Crippen LogP contribution in [-0.4, -0.2) is 13.1 Å². The van der Waals surface area contributed by atoms with Gasteiger partial charge in [0.05, 0.1) is 12.7 Å². The maximum absolute atomic E-state index is 14.7. The first-order chi connectivity index (χ1) is 15.5. The van der Waals surface area contributed by atoms with Gasteiger partial charge in [-0.3, -0.25) is 0 Å². The molecule has 0 unspecified atom stereocenters. The summed E-state index contributed by atoms with van der Waals surface area (Å²) in [7, 11) is 1.35. The van der Waals surface area contributed by atoms with Gasteiger partial charge in [-0.15, -0.1) is 0 Å². The van der Waals surface area contributed by atoms with Gasteiger partial charge >= 0.3 is 5.97 Å². The van der Waals surface area contributed by atoms with Gasteiger partial charge in [-0.05, 0) is 67.3 Å². The lowest BCUT2D eigenvalue weighted by Gasteiger charge is -2.29. The van der Waals surface area contributed by atoms with E-state index in [1.807, 2.05) is 6.07 Å². The predicted molar refractivity (Wildman–Crippen MR) is 122 cm³/mol. The Bertz CT molecular complexity index is 888. The monoisotopic (exact) mass is 444 g/mol. The number of benzene rings is 2. The number of rotatable bonds is 10. The molecule has 1 saturated carbocycles. The Kier molecular flexibility index (Phi) is 9.07. The molecule has 1 fully saturated rings. The highest BCUT2D eigenvalue weighted by Crippen LogP contribution is 2.38. The molecule has 2 aromatic carbocycles. The van der Waals surface area contributed by atoms with Crippen molar-refractivity contribution in [3.63, 3.8) is 0 Å². The van der Waals surface area contributed by atoms with Gasteiger partial charge in [0.15, 0.2) is 11.6 Å². The minimum absolute atomic E-state index is 0.00444. The SMILES string of the molecule is CCCCCCCC1CCC(c2ccc(C(=O)Oc3ccc(OC)c(F)c3)c(F)c2)CC1. The molecular weight excluding hydrogens is 410 g/mol. The maximum Gasteiger partial charge on any atom is 0.346 e. The van der Waals surface area contributed by atoms with Crippen molar-refractivity contribution >= 4 is 5.97 Å². The van der Waals surface area contributed by atoms with Crippen LogP contribution in [0.5, 0.6) is 11.5 Å². The molecule has 174 valence electrons. The van der Waals surface area contributed by atoms with Crippen molar-refractivity contribution in [3.8, 4) is 11.5 Å². The van der Waals surface area contributed by atoms with Crippen LogP contribution >= 0.6 is 0 Å². The summed E-state index contributed by atoms with van der Waals surface area (Å²) in [6, 6.07) is 8.58. The molecule has 1 aliphatic rings. The van der Waals surface area contributed by atoms with E-state index in [-0.39, 0.29) is 17.1 Å². The number of ether oxygens (including phenoxy) is 2. The molecule has 1 aliphatic carbocycles. The second-order valence-corrected chi connectivity index (χ2v) is 8.85. The summed E-state index contributed by atoms with van der Waals surface area (Å²) >= 11 is 0. The Morgan fingerprint density at radius 3 is 2.34 bits per heavy atom. The summed E-state index contributed by atoms with van der Waals surface area (Å²) in [4.78, 5) is 12.4. The van der Waals surface area contributed by atoms with Crippen LogP contribution in [0.15, 0.2) is 36.4 Å². The van der Waals surface area contributed by atoms with Gasteiger partial charge in [0.2, 0.25) is 0 Å². The van der Waals surface area contributed by atoms with Gasteiger partial charge in [-0.2, -0.15) is 0 Å².